The largest absolute Gasteiger partial charge is 0.448 e. The topological polar surface area (TPSA) is 55.3 Å². The molecule has 1 aromatic heterocycles. The van der Waals surface area contributed by atoms with Gasteiger partial charge in [-0.3, -0.25) is 4.90 Å². The third-order valence-corrected chi connectivity index (χ3v) is 2.62. The van der Waals surface area contributed by atoms with Crippen LogP contribution in [0.1, 0.15) is 5.01 Å². The second kappa shape index (κ2) is 3.47. The minimum Gasteiger partial charge on any atom is -0.448 e. The number of carbonyl (C=O) groups excluding carboxylic acids is 1. The fraction of sp³-hybridized carbons (Fsp3) is 0.500. The fourth-order valence-electron chi connectivity index (χ4n) is 1.03. The van der Waals surface area contributed by atoms with Crippen LogP contribution in [0.4, 0.5) is 4.79 Å². The van der Waals surface area contributed by atoms with E-state index in [0.717, 1.165) is 5.01 Å². The average Bonchev–Trinajstić information content (AvgIpc) is 2.64. The van der Waals surface area contributed by atoms with Gasteiger partial charge in [-0.15, -0.1) is 10.2 Å². The molecular weight excluding hydrogens is 214 g/mol. The van der Waals surface area contributed by atoms with Gasteiger partial charge in [0.2, 0.25) is 4.47 Å². The van der Waals surface area contributed by atoms with E-state index >= 15 is 0 Å². The van der Waals surface area contributed by atoms with E-state index in [1.807, 2.05) is 0 Å². The van der Waals surface area contributed by atoms with Crippen molar-refractivity contribution in [1.82, 2.24) is 15.1 Å². The fourth-order valence-corrected chi connectivity index (χ4v) is 1.91. The van der Waals surface area contributed by atoms with Gasteiger partial charge in [0.15, 0.2) is 0 Å². The lowest BCUT2D eigenvalue weighted by molar-refractivity contribution is 0.157. The Balaban J connectivity index is 2.01. The zero-order chi connectivity index (χ0) is 9.26. The molecule has 7 heteroatoms. The maximum absolute atomic E-state index is 11.0. The third-order valence-electron chi connectivity index (χ3n) is 1.61. The molecule has 0 N–H and O–H groups in total. The molecule has 2 heterocycles. The molecule has 0 radical (unpaired) electrons. The lowest BCUT2D eigenvalue weighted by Gasteiger charge is -2.08. The van der Waals surface area contributed by atoms with Gasteiger partial charge in [0.05, 0.1) is 13.1 Å². The normalized spacial score (nSPS) is 16.4. The van der Waals surface area contributed by atoms with Crippen LogP contribution in [0.25, 0.3) is 0 Å². The Kier molecular flexibility index (Phi) is 2.32. The molecule has 1 aromatic rings. The number of amides is 1. The Morgan fingerprint density at radius 1 is 1.62 bits per heavy atom. The van der Waals surface area contributed by atoms with Gasteiger partial charge < -0.3 is 4.74 Å². The molecule has 0 aromatic carbocycles. The summed E-state index contributed by atoms with van der Waals surface area (Å²) in [7, 11) is 0. The molecule has 1 saturated heterocycles. The summed E-state index contributed by atoms with van der Waals surface area (Å²) in [5, 5.41) is 8.17. The van der Waals surface area contributed by atoms with Gasteiger partial charge >= 0.3 is 6.09 Å². The van der Waals surface area contributed by atoms with Crippen molar-refractivity contribution in [3.63, 3.8) is 0 Å². The van der Waals surface area contributed by atoms with Crippen LogP contribution in [0.2, 0.25) is 4.47 Å². The van der Waals surface area contributed by atoms with E-state index in [9.17, 15) is 4.79 Å². The highest BCUT2D eigenvalue weighted by atomic mass is 35.5. The van der Waals surface area contributed by atoms with Gasteiger partial charge in [-0.1, -0.05) is 11.3 Å². The van der Waals surface area contributed by atoms with Crippen molar-refractivity contribution in [2.75, 3.05) is 13.2 Å². The molecule has 0 atom stereocenters. The van der Waals surface area contributed by atoms with Gasteiger partial charge in [-0.05, 0) is 11.6 Å². The highest BCUT2D eigenvalue weighted by molar-refractivity contribution is 7.15. The lowest BCUT2D eigenvalue weighted by atomic mass is 10.5. The van der Waals surface area contributed by atoms with Crippen LogP contribution in [0.3, 0.4) is 0 Å². The Labute approximate surface area is 83.3 Å². The van der Waals surface area contributed by atoms with E-state index in [2.05, 4.69) is 10.2 Å². The first kappa shape index (κ1) is 8.71. The van der Waals surface area contributed by atoms with E-state index in [-0.39, 0.29) is 6.09 Å². The van der Waals surface area contributed by atoms with Crippen molar-refractivity contribution in [1.29, 1.82) is 0 Å². The van der Waals surface area contributed by atoms with E-state index in [1.54, 1.807) is 4.90 Å². The molecule has 0 bridgehead atoms. The van der Waals surface area contributed by atoms with Crippen molar-refractivity contribution >= 4 is 29.0 Å². The molecule has 1 aliphatic heterocycles. The van der Waals surface area contributed by atoms with Crippen molar-refractivity contribution in [2.45, 2.75) is 6.54 Å². The van der Waals surface area contributed by atoms with Gasteiger partial charge in [0.1, 0.15) is 11.6 Å². The summed E-state index contributed by atoms with van der Waals surface area (Å²) < 4.78 is 5.15. The Morgan fingerprint density at radius 2 is 2.46 bits per heavy atom. The molecule has 13 heavy (non-hydrogen) atoms. The molecule has 0 saturated carbocycles. The molecule has 1 amide bonds. The van der Waals surface area contributed by atoms with Crippen LogP contribution in [0.5, 0.6) is 0 Å². The SMILES string of the molecule is O=C1OCCN1Cc1nnc(Cl)s1. The van der Waals surface area contributed by atoms with E-state index in [4.69, 9.17) is 16.3 Å². The average molecular weight is 220 g/mol. The highest BCUT2D eigenvalue weighted by Crippen LogP contribution is 2.17. The first-order chi connectivity index (χ1) is 6.25. The number of hydrogen-bond acceptors (Lipinski definition) is 5. The number of halogens is 1. The summed E-state index contributed by atoms with van der Waals surface area (Å²) in [5.74, 6) is 0. The summed E-state index contributed by atoms with van der Waals surface area (Å²) in [6.45, 7) is 1.49. The first-order valence-electron chi connectivity index (χ1n) is 3.65. The predicted molar refractivity (Wildman–Crippen MR) is 46.7 cm³/mol. The van der Waals surface area contributed by atoms with Crippen molar-refractivity contribution in [3.05, 3.63) is 9.47 Å². The third kappa shape index (κ3) is 1.89. The second-order valence-corrected chi connectivity index (χ2v) is 4.13. The van der Waals surface area contributed by atoms with Crippen molar-refractivity contribution in [2.24, 2.45) is 0 Å². The van der Waals surface area contributed by atoms with Gasteiger partial charge in [0, 0.05) is 0 Å². The Morgan fingerprint density at radius 3 is 3.00 bits per heavy atom. The lowest BCUT2D eigenvalue weighted by Crippen LogP contribution is -2.23. The molecule has 70 valence electrons. The van der Waals surface area contributed by atoms with Gasteiger partial charge in [-0.25, -0.2) is 4.79 Å². The molecular formula is C6H6ClN3O2S. The van der Waals surface area contributed by atoms with Gasteiger partial charge in [0.25, 0.3) is 0 Å². The first-order valence-corrected chi connectivity index (χ1v) is 4.85. The number of carbonyl (C=O) groups is 1. The van der Waals surface area contributed by atoms with Crippen LogP contribution < -0.4 is 0 Å². The van der Waals surface area contributed by atoms with E-state index in [0.29, 0.717) is 24.2 Å². The Bertz CT molecular complexity index is 329. The van der Waals surface area contributed by atoms with Crippen LogP contribution in [0, 0.1) is 0 Å². The summed E-state index contributed by atoms with van der Waals surface area (Å²) in [5.41, 5.74) is 0. The zero-order valence-corrected chi connectivity index (χ0v) is 8.14. The minimum absolute atomic E-state index is 0.300. The highest BCUT2D eigenvalue weighted by Gasteiger charge is 2.23. The molecule has 0 aliphatic carbocycles. The standard InChI is InChI=1S/C6H6ClN3O2S/c7-5-9-8-4(13-5)3-10-1-2-12-6(10)11/h1-3H2. The number of aromatic nitrogens is 2. The van der Waals surface area contributed by atoms with Gasteiger partial charge in [-0.2, -0.15) is 0 Å². The maximum Gasteiger partial charge on any atom is 0.410 e. The molecule has 0 spiro atoms. The zero-order valence-electron chi connectivity index (χ0n) is 6.57. The van der Waals surface area contributed by atoms with Crippen LogP contribution in [-0.2, 0) is 11.3 Å². The van der Waals surface area contributed by atoms with Crippen LogP contribution in [0.15, 0.2) is 0 Å². The molecule has 5 nitrogen and oxygen atoms in total. The molecule has 1 fully saturated rings. The summed E-state index contributed by atoms with van der Waals surface area (Å²) in [6.07, 6.45) is -0.300. The maximum atomic E-state index is 11.0. The van der Waals surface area contributed by atoms with Crippen LogP contribution in [-0.4, -0.2) is 34.3 Å². The molecule has 0 unspecified atom stereocenters. The smallest absolute Gasteiger partial charge is 0.410 e. The summed E-state index contributed by atoms with van der Waals surface area (Å²) in [4.78, 5) is 12.6. The van der Waals surface area contributed by atoms with Crippen LogP contribution >= 0.6 is 22.9 Å². The molecule has 2 rings (SSSR count). The quantitative estimate of drug-likeness (QED) is 0.749. The summed E-state index contributed by atoms with van der Waals surface area (Å²) in [6, 6.07) is 0. The summed E-state index contributed by atoms with van der Waals surface area (Å²) >= 11 is 6.86. The predicted octanol–water partition coefficient (Wildman–Crippen LogP) is 1.14. The van der Waals surface area contributed by atoms with E-state index in [1.165, 1.54) is 11.3 Å². The number of hydrogen-bond donors (Lipinski definition) is 0. The van der Waals surface area contributed by atoms with Crippen molar-refractivity contribution in [3.8, 4) is 0 Å². The number of nitrogens with zero attached hydrogens (tertiary/aromatic N) is 3. The Hall–Kier alpha value is -0.880. The van der Waals surface area contributed by atoms with E-state index < -0.39 is 0 Å². The number of cyclic esters (lactones) is 1. The minimum atomic E-state index is -0.300. The van der Waals surface area contributed by atoms with Crippen molar-refractivity contribution < 1.29 is 9.53 Å². The number of rotatable bonds is 2. The second-order valence-electron chi connectivity index (χ2n) is 2.48. The number of ether oxygens (including phenoxy) is 1. The molecule has 1 aliphatic rings. The monoisotopic (exact) mass is 219 g/mol.